The highest BCUT2D eigenvalue weighted by atomic mass is 31.1. The quantitative estimate of drug-likeness (QED) is 0.0214. The van der Waals surface area contributed by atoms with Gasteiger partial charge in [0.05, 0.1) is 34.3 Å². The van der Waals surface area contributed by atoms with E-state index in [0.29, 0.717) is 28.3 Å². The van der Waals surface area contributed by atoms with Crippen molar-refractivity contribution in [2.75, 3.05) is 34.3 Å². The second-order valence-corrected chi connectivity index (χ2v) is 16.9. The lowest BCUT2D eigenvalue weighted by atomic mass is 9.92. The molecule has 0 aromatic carbocycles. The zero-order valence-electron chi connectivity index (χ0n) is 33.1. The maximum absolute atomic E-state index is 13.5. The fraction of sp³-hybridized carbons (Fsp3) is 0.860. The lowest BCUT2D eigenvalue weighted by molar-refractivity contribution is -0.870. The number of hydrogen-bond acceptors (Lipinski definition) is 3. The third-order valence-corrected chi connectivity index (χ3v) is 10.7. The number of carbonyl (C=O) groups excluding carboxylic acids is 2. The zero-order valence-corrected chi connectivity index (χ0v) is 34.0. The molecule has 282 valence electrons. The van der Waals surface area contributed by atoms with Crippen LogP contribution in [-0.2, 0) is 14.1 Å². The van der Waals surface area contributed by atoms with Crippen LogP contribution in [-0.4, -0.2) is 55.5 Å². The highest BCUT2D eigenvalue weighted by Gasteiger charge is 2.30. The number of nitrogens with zero attached hydrogens (tertiary/aromatic N) is 1. The number of hydrogen-bond donors (Lipinski definition) is 0. The molecular formula is C43H82NO3P. The van der Waals surface area contributed by atoms with Gasteiger partial charge in [0.1, 0.15) is 11.6 Å². The van der Waals surface area contributed by atoms with Gasteiger partial charge in [-0.05, 0) is 69.4 Å². The summed E-state index contributed by atoms with van der Waals surface area (Å²) in [5.74, 6) is 0.148. The van der Waals surface area contributed by atoms with Gasteiger partial charge in [-0.25, -0.2) is 0 Å². The van der Waals surface area contributed by atoms with Gasteiger partial charge in [-0.2, -0.15) is 0 Å². The summed E-state index contributed by atoms with van der Waals surface area (Å²) in [6, 6.07) is 0. The number of carbonyl (C=O) groups is 2. The number of likely N-dealkylation sites (N-methyl/N-ethyl adjacent to an activating group) is 1. The van der Waals surface area contributed by atoms with Crippen LogP contribution in [0.2, 0.25) is 0 Å². The molecule has 0 heterocycles. The number of rotatable bonds is 37. The first-order valence-corrected chi connectivity index (χ1v) is 21.5. The summed E-state index contributed by atoms with van der Waals surface area (Å²) in [5, 5.41) is -1.04. The predicted octanol–water partition coefficient (Wildman–Crippen LogP) is 13.5. The SMILES string of the molecule is CCCCCCCCC=CCCCCCCCC(=O)C(C)([P-]OCC[N+](C)(C)C)C(=O)CCCCCCCC=CCCCCCCCC. The minimum atomic E-state index is -1.04. The lowest BCUT2D eigenvalue weighted by Crippen LogP contribution is -2.41. The summed E-state index contributed by atoms with van der Waals surface area (Å²) in [7, 11) is 6.93. The van der Waals surface area contributed by atoms with E-state index in [1.807, 2.05) is 6.92 Å². The van der Waals surface area contributed by atoms with Gasteiger partial charge >= 0.3 is 0 Å². The Morgan fingerprint density at radius 2 is 0.833 bits per heavy atom. The molecule has 0 aromatic heterocycles. The zero-order chi connectivity index (χ0) is 35.6. The molecule has 0 aliphatic carbocycles. The number of allylic oxidation sites excluding steroid dienone is 4. The van der Waals surface area contributed by atoms with Crippen LogP contribution in [0.4, 0.5) is 0 Å². The fourth-order valence-electron chi connectivity index (χ4n) is 5.95. The van der Waals surface area contributed by atoms with Crippen LogP contribution in [0, 0.1) is 0 Å². The molecule has 5 heteroatoms. The normalized spacial score (nSPS) is 13.8. The highest BCUT2D eigenvalue weighted by Crippen LogP contribution is 2.37. The minimum Gasteiger partial charge on any atom is -0.552 e. The Hall–Kier alpha value is -0.830. The summed E-state index contributed by atoms with van der Waals surface area (Å²) in [4.78, 5) is 26.9. The Bertz CT molecular complexity index is 748. The van der Waals surface area contributed by atoms with Crippen LogP contribution in [0.5, 0.6) is 0 Å². The van der Waals surface area contributed by atoms with Gasteiger partial charge in [-0.15, -0.1) is 0 Å². The molecule has 0 radical (unpaired) electrons. The molecular weight excluding hydrogens is 609 g/mol. The second kappa shape index (κ2) is 33.3. The Kier molecular flexibility index (Phi) is 32.7. The van der Waals surface area contributed by atoms with E-state index in [-0.39, 0.29) is 11.6 Å². The van der Waals surface area contributed by atoms with Crippen LogP contribution in [0.15, 0.2) is 24.3 Å². The van der Waals surface area contributed by atoms with Crippen LogP contribution in [0.25, 0.3) is 0 Å². The first-order chi connectivity index (χ1) is 23.2. The molecule has 0 aliphatic rings. The van der Waals surface area contributed by atoms with Crippen molar-refractivity contribution in [3.8, 4) is 0 Å². The Morgan fingerprint density at radius 1 is 0.521 bits per heavy atom. The van der Waals surface area contributed by atoms with Gasteiger partial charge in [0.15, 0.2) is 0 Å². The molecule has 4 nitrogen and oxygen atoms in total. The summed E-state index contributed by atoms with van der Waals surface area (Å²) in [6.07, 6.45) is 42.6. The number of ketones is 2. The average Bonchev–Trinajstić information content (AvgIpc) is 3.05. The van der Waals surface area contributed by atoms with E-state index in [4.69, 9.17) is 4.52 Å². The molecule has 0 saturated heterocycles. The molecule has 0 aromatic rings. The van der Waals surface area contributed by atoms with Crippen molar-refractivity contribution in [3.05, 3.63) is 24.3 Å². The summed E-state index contributed by atoms with van der Waals surface area (Å²) in [6.45, 7) is 7.80. The van der Waals surface area contributed by atoms with Gasteiger partial charge in [-0.1, -0.05) is 148 Å². The topological polar surface area (TPSA) is 43.4 Å². The molecule has 0 unspecified atom stereocenters. The second-order valence-electron chi connectivity index (χ2n) is 15.5. The van der Waals surface area contributed by atoms with E-state index in [2.05, 4.69) is 59.3 Å². The van der Waals surface area contributed by atoms with Crippen molar-refractivity contribution in [1.82, 2.24) is 0 Å². The standard InChI is InChI=1S/C43H82NO3P/c1-7-9-11-13-15-17-19-21-23-25-27-29-31-33-35-37-41(45)43(3,48-47-40-39-44(4,5)6)42(46)38-36-34-32-30-28-26-24-22-20-18-16-14-12-10-8-2/h21-24H,7-20,25-40H2,1-6H3. The molecule has 0 spiro atoms. The van der Waals surface area contributed by atoms with Crippen molar-refractivity contribution in [3.63, 3.8) is 0 Å². The van der Waals surface area contributed by atoms with Crippen molar-refractivity contribution >= 4 is 20.4 Å². The van der Waals surface area contributed by atoms with Gasteiger partial charge in [-0.3, -0.25) is 0 Å². The molecule has 0 bridgehead atoms. The number of Topliss-reactive ketones (excluding diaryl/α,β-unsaturated/α-hetero) is 2. The largest absolute Gasteiger partial charge is 0.552 e. The molecule has 48 heavy (non-hydrogen) atoms. The van der Waals surface area contributed by atoms with Gasteiger partial charge in [0.25, 0.3) is 0 Å². The smallest absolute Gasteiger partial charge is 0.119 e. The van der Waals surface area contributed by atoms with E-state index in [9.17, 15) is 9.59 Å². The van der Waals surface area contributed by atoms with Gasteiger partial charge < -0.3 is 27.4 Å². The molecule has 0 amide bonds. The van der Waals surface area contributed by atoms with E-state index >= 15 is 0 Å². The molecule has 0 atom stereocenters. The van der Waals surface area contributed by atoms with Gasteiger partial charge in [0, 0.05) is 12.8 Å². The lowest BCUT2D eigenvalue weighted by Gasteiger charge is -2.40. The van der Waals surface area contributed by atoms with E-state index < -0.39 is 5.16 Å². The van der Waals surface area contributed by atoms with Crippen LogP contribution in [0.1, 0.15) is 201 Å². The monoisotopic (exact) mass is 692 g/mol. The van der Waals surface area contributed by atoms with Crippen LogP contribution in [0.3, 0.4) is 0 Å². The molecule has 0 rings (SSSR count). The maximum atomic E-state index is 13.5. The van der Waals surface area contributed by atoms with Crippen LogP contribution < -0.4 is 0 Å². The van der Waals surface area contributed by atoms with Crippen LogP contribution >= 0.6 is 8.81 Å². The average molecular weight is 692 g/mol. The molecule has 0 aliphatic heterocycles. The molecule has 0 saturated carbocycles. The summed E-state index contributed by atoms with van der Waals surface area (Å²) < 4.78 is 6.78. The third-order valence-electron chi connectivity index (χ3n) is 9.52. The number of unbranched alkanes of at least 4 members (excludes halogenated alkanes) is 22. The van der Waals surface area contributed by atoms with E-state index in [0.717, 1.165) is 49.6 Å². The first kappa shape index (κ1) is 47.2. The van der Waals surface area contributed by atoms with E-state index in [1.54, 1.807) is 0 Å². The predicted molar refractivity (Wildman–Crippen MR) is 213 cm³/mol. The van der Waals surface area contributed by atoms with Gasteiger partial charge in [0.2, 0.25) is 0 Å². The Morgan fingerprint density at radius 3 is 1.17 bits per heavy atom. The molecule has 0 fully saturated rings. The Balaban J connectivity index is 4.30. The van der Waals surface area contributed by atoms with E-state index in [1.165, 1.54) is 128 Å². The third kappa shape index (κ3) is 30.0. The first-order valence-electron chi connectivity index (χ1n) is 20.7. The fourth-order valence-corrected chi connectivity index (χ4v) is 6.80. The van der Waals surface area contributed by atoms with Crippen molar-refractivity contribution in [1.29, 1.82) is 0 Å². The van der Waals surface area contributed by atoms with Crippen molar-refractivity contribution in [2.45, 2.75) is 206 Å². The minimum absolute atomic E-state index is 0.0739. The number of quaternary nitrogens is 1. The maximum Gasteiger partial charge on any atom is 0.119 e. The highest BCUT2D eigenvalue weighted by molar-refractivity contribution is 7.37. The molecule has 0 N–H and O–H groups in total. The van der Waals surface area contributed by atoms with Crippen molar-refractivity contribution in [2.24, 2.45) is 0 Å². The summed E-state index contributed by atoms with van der Waals surface area (Å²) >= 11 is 0. The summed E-state index contributed by atoms with van der Waals surface area (Å²) in [5.41, 5.74) is 0. The van der Waals surface area contributed by atoms with Crippen molar-refractivity contribution < 1.29 is 18.6 Å². The Labute approximate surface area is 302 Å².